The van der Waals surface area contributed by atoms with E-state index >= 15 is 0 Å². The van der Waals surface area contributed by atoms with Gasteiger partial charge in [-0.15, -0.1) is 0 Å². The Hall–Kier alpha value is -2.07. The molecule has 4 heterocycles. The minimum absolute atomic E-state index is 0.00202. The molecule has 0 aromatic heterocycles. The molecule has 9 heteroatoms. The average Bonchev–Trinajstić information content (AvgIpc) is 3.21. The zero-order valence-electron chi connectivity index (χ0n) is 21.0. The highest BCUT2D eigenvalue weighted by Crippen LogP contribution is 2.85. The van der Waals surface area contributed by atoms with Gasteiger partial charge in [-0.05, 0) is 56.9 Å². The largest absolute Gasteiger partial charge is 0.458 e. The lowest BCUT2D eigenvalue weighted by molar-refractivity contribution is -0.372. The van der Waals surface area contributed by atoms with Gasteiger partial charge in [0.1, 0.15) is 11.7 Å². The molecule has 0 aromatic carbocycles. The number of aliphatic hydroxyl groups is 2. The third kappa shape index (κ3) is 1.65. The Labute approximate surface area is 213 Å². The molecule has 0 aromatic rings. The maximum absolute atomic E-state index is 13.7. The number of ketones is 1. The Morgan fingerprint density at radius 2 is 1.84 bits per heavy atom. The van der Waals surface area contributed by atoms with Crippen molar-refractivity contribution in [2.45, 2.75) is 80.7 Å². The van der Waals surface area contributed by atoms with Crippen molar-refractivity contribution >= 4 is 17.7 Å². The number of ether oxygens (including phenoxy) is 4. The number of fused-ring (bicyclic) bond motifs is 6. The molecule has 7 fully saturated rings. The zero-order chi connectivity index (χ0) is 25.8. The molecular formula is C28H30O9. The molecule has 6 bridgehead atoms. The van der Waals surface area contributed by atoms with Gasteiger partial charge in [-0.1, -0.05) is 24.6 Å². The summed E-state index contributed by atoms with van der Waals surface area (Å²) in [7, 11) is 0. The molecule has 3 saturated carbocycles. The van der Waals surface area contributed by atoms with E-state index in [4.69, 9.17) is 18.9 Å². The molecule has 2 N–H and O–H groups in total. The van der Waals surface area contributed by atoms with Gasteiger partial charge in [0.15, 0.2) is 22.6 Å². The molecule has 5 aliphatic carbocycles. The van der Waals surface area contributed by atoms with E-state index in [1.165, 1.54) is 0 Å². The zero-order valence-corrected chi connectivity index (χ0v) is 21.0. The summed E-state index contributed by atoms with van der Waals surface area (Å²) in [4.78, 5) is 40.7. The van der Waals surface area contributed by atoms with Crippen LogP contribution < -0.4 is 0 Å². The van der Waals surface area contributed by atoms with Gasteiger partial charge in [-0.3, -0.25) is 9.59 Å². The maximum atomic E-state index is 13.7. The van der Waals surface area contributed by atoms with E-state index in [2.05, 4.69) is 6.08 Å². The van der Waals surface area contributed by atoms with Gasteiger partial charge >= 0.3 is 11.9 Å². The molecule has 13 atom stereocenters. The fourth-order valence-electron chi connectivity index (χ4n) is 11.6. The minimum atomic E-state index is -2.09. The van der Waals surface area contributed by atoms with Crippen LogP contribution in [0.15, 0.2) is 23.8 Å². The van der Waals surface area contributed by atoms with Gasteiger partial charge in [0.2, 0.25) is 5.79 Å². The smallest absolute Gasteiger partial charge is 0.342 e. The maximum Gasteiger partial charge on any atom is 0.342 e. The molecule has 9 nitrogen and oxygen atoms in total. The fraction of sp³-hybridized carbons (Fsp3) is 0.750. The normalized spacial score (nSPS) is 65.0. The molecule has 9 aliphatic rings. The first-order valence-corrected chi connectivity index (χ1v) is 13.5. The fourth-order valence-corrected chi connectivity index (χ4v) is 11.6. The number of rotatable bonds is 0. The highest BCUT2D eigenvalue weighted by atomic mass is 16.8. The molecule has 4 saturated heterocycles. The topological polar surface area (TPSA) is 129 Å². The molecule has 1 unspecified atom stereocenters. The van der Waals surface area contributed by atoms with E-state index in [-0.39, 0.29) is 18.8 Å². The third-order valence-corrected chi connectivity index (χ3v) is 12.9. The summed E-state index contributed by atoms with van der Waals surface area (Å²) in [6.07, 6.45) is 6.15. The lowest BCUT2D eigenvalue weighted by Crippen LogP contribution is -2.82. The predicted octanol–water partition coefficient (Wildman–Crippen LogP) is 0.959. The van der Waals surface area contributed by atoms with Crippen LogP contribution in [0.2, 0.25) is 0 Å². The number of esters is 2. The summed E-state index contributed by atoms with van der Waals surface area (Å²) in [5.74, 6) is -5.97. The van der Waals surface area contributed by atoms with Crippen LogP contribution in [0.5, 0.6) is 0 Å². The highest BCUT2D eigenvalue weighted by molar-refractivity contribution is 5.99. The van der Waals surface area contributed by atoms with E-state index in [1.54, 1.807) is 13.0 Å². The van der Waals surface area contributed by atoms with E-state index in [0.717, 1.165) is 5.57 Å². The van der Waals surface area contributed by atoms with Crippen LogP contribution in [-0.4, -0.2) is 68.8 Å². The summed E-state index contributed by atoms with van der Waals surface area (Å²) in [5.41, 5.74) is -7.71. The molecule has 37 heavy (non-hydrogen) atoms. The quantitative estimate of drug-likeness (QED) is 0.362. The number of carbonyl (C=O) groups is 3. The van der Waals surface area contributed by atoms with Crippen molar-refractivity contribution in [3.8, 4) is 0 Å². The van der Waals surface area contributed by atoms with Crippen LogP contribution in [0.1, 0.15) is 46.5 Å². The second kappa shape index (κ2) is 5.48. The van der Waals surface area contributed by atoms with E-state index in [9.17, 15) is 24.6 Å². The standard InChI is InChI=1S/C28H30O9/c1-22-10-17-24(3)27-20(22)26(33)14(9-25(27,32)21(31)36-24)18-13(8-7-12-5-4-6-16(29)23(12,18)2)28(26,37-27)34-11-15(22)19(30)35-17/h4,6-7,13-15,17-18,20,32-33H,5,8-11H2,1-3H3/t13-,14-,15+,17-,18-,20-,22-,23-,24+,25?,26+,27+,28-/m0/s1. The van der Waals surface area contributed by atoms with Crippen LogP contribution in [0, 0.1) is 40.4 Å². The van der Waals surface area contributed by atoms with E-state index in [0.29, 0.717) is 19.3 Å². The summed E-state index contributed by atoms with van der Waals surface area (Å²) < 4.78 is 25.6. The summed E-state index contributed by atoms with van der Waals surface area (Å²) >= 11 is 0. The second-order valence-corrected chi connectivity index (χ2v) is 13.7. The SMILES string of the molecule is C[C@@]12C(=O)C=CCC1=CC[C@H]1[C@H]2[C@@H]2CC3(O)C(=O)O[C@]4(C)[C@@H]5C[C@@]6(C)[C@H](CO[C@]17O[C@@]34[C@@H]6[C@]27O)C(=O)O5. The van der Waals surface area contributed by atoms with Gasteiger partial charge in [0, 0.05) is 17.8 Å². The Kier molecular flexibility index (Phi) is 3.23. The van der Waals surface area contributed by atoms with Crippen molar-refractivity contribution in [3.05, 3.63) is 23.8 Å². The number of carbonyl (C=O) groups excluding carboxylic acids is 3. The Morgan fingerprint density at radius 1 is 1.05 bits per heavy atom. The van der Waals surface area contributed by atoms with Gasteiger partial charge in [-0.25, -0.2) is 4.79 Å². The lowest BCUT2D eigenvalue weighted by Gasteiger charge is -2.66. The minimum Gasteiger partial charge on any atom is -0.458 e. The van der Waals surface area contributed by atoms with Gasteiger partial charge in [0.05, 0.1) is 17.9 Å². The molecule has 0 amide bonds. The summed E-state index contributed by atoms with van der Waals surface area (Å²) in [6, 6.07) is 0. The monoisotopic (exact) mass is 510 g/mol. The van der Waals surface area contributed by atoms with E-state index in [1.807, 2.05) is 19.9 Å². The molecular weight excluding hydrogens is 480 g/mol. The number of allylic oxidation sites excluding steroid dienone is 4. The van der Waals surface area contributed by atoms with Crippen molar-refractivity contribution in [1.29, 1.82) is 0 Å². The Balaban J connectivity index is 1.39. The van der Waals surface area contributed by atoms with Crippen molar-refractivity contribution in [3.63, 3.8) is 0 Å². The van der Waals surface area contributed by atoms with Crippen LogP contribution in [-0.2, 0) is 33.3 Å². The predicted molar refractivity (Wildman–Crippen MR) is 121 cm³/mol. The average molecular weight is 511 g/mol. The third-order valence-electron chi connectivity index (χ3n) is 12.9. The van der Waals surface area contributed by atoms with Gasteiger partial charge in [0.25, 0.3) is 0 Å². The molecule has 0 radical (unpaired) electrons. The molecule has 1 spiro atoms. The number of hydrogen-bond acceptors (Lipinski definition) is 9. The summed E-state index contributed by atoms with van der Waals surface area (Å²) in [6.45, 7) is 5.53. The Bertz CT molecular complexity index is 1340. The Morgan fingerprint density at radius 3 is 2.62 bits per heavy atom. The first-order valence-electron chi connectivity index (χ1n) is 13.5. The van der Waals surface area contributed by atoms with Crippen LogP contribution >= 0.6 is 0 Å². The van der Waals surface area contributed by atoms with Crippen LogP contribution in [0.3, 0.4) is 0 Å². The van der Waals surface area contributed by atoms with Crippen molar-refractivity contribution in [1.82, 2.24) is 0 Å². The second-order valence-electron chi connectivity index (χ2n) is 13.7. The molecule has 9 rings (SSSR count). The van der Waals surface area contributed by atoms with Crippen LogP contribution in [0.4, 0.5) is 0 Å². The first-order chi connectivity index (χ1) is 17.4. The first kappa shape index (κ1) is 21.8. The van der Waals surface area contributed by atoms with Gasteiger partial charge < -0.3 is 29.2 Å². The molecule has 4 aliphatic heterocycles. The van der Waals surface area contributed by atoms with Gasteiger partial charge in [-0.2, -0.15) is 0 Å². The van der Waals surface area contributed by atoms with Crippen molar-refractivity contribution in [2.75, 3.05) is 6.61 Å². The lowest BCUT2D eigenvalue weighted by atomic mass is 9.39. The van der Waals surface area contributed by atoms with E-state index < -0.39 is 86.7 Å². The summed E-state index contributed by atoms with van der Waals surface area (Å²) in [5, 5.41) is 25.7. The van der Waals surface area contributed by atoms with Crippen LogP contribution in [0.25, 0.3) is 0 Å². The highest BCUT2D eigenvalue weighted by Gasteiger charge is 3.01. The van der Waals surface area contributed by atoms with Crippen molar-refractivity contribution < 1.29 is 43.5 Å². The van der Waals surface area contributed by atoms with Crippen molar-refractivity contribution in [2.24, 2.45) is 40.4 Å². The molecule has 196 valence electrons. The number of hydrogen-bond donors (Lipinski definition) is 2.